The lowest BCUT2D eigenvalue weighted by Crippen LogP contribution is -2.32. The van der Waals surface area contributed by atoms with Gasteiger partial charge in [-0.15, -0.1) is 0 Å². The molecule has 1 saturated heterocycles. The maximum atomic E-state index is 13.0. The van der Waals surface area contributed by atoms with E-state index in [4.69, 9.17) is 28.0 Å². The molecule has 2 aliphatic rings. The lowest BCUT2D eigenvalue weighted by molar-refractivity contribution is -0.126. The SMILES string of the molecule is CCCN1CN(C(=O)c2ccc(C3=NOC(C)(c4cc(Cl)cc(Cl)c4)C3)cc2C)CC1=O. The smallest absolute Gasteiger partial charge is 0.256 e. The summed E-state index contributed by atoms with van der Waals surface area (Å²) in [5, 5.41) is 5.40. The van der Waals surface area contributed by atoms with E-state index in [2.05, 4.69) is 5.16 Å². The Morgan fingerprint density at radius 1 is 1.19 bits per heavy atom. The molecule has 32 heavy (non-hydrogen) atoms. The van der Waals surface area contributed by atoms with E-state index in [1.807, 2.05) is 45.0 Å². The van der Waals surface area contributed by atoms with Gasteiger partial charge in [-0.25, -0.2) is 0 Å². The average molecular weight is 474 g/mol. The standard InChI is InChI=1S/C24H25Cl2N3O3/c1-4-7-28-14-29(13-22(28)30)23(31)20-6-5-16(8-15(20)2)21-12-24(3,32-27-21)17-9-18(25)11-19(26)10-17/h5-6,8-11H,4,7,12-14H2,1-3H3. The van der Waals surface area contributed by atoms with Crippen molar-refractivity contribution in [2.75, 3.05) is 19.8 Å². The molecule has 2 aromatic carbocycles. The molecule has 168 valence electrons. The second-order valence-corrected chi connectivity index (χ2v) is 9.40. The van der Waals surface area contributed by atoms with Crippen molar-refractivity contribution in [1.82, 2.24) is 9.80 Å². The molecular formula is C24H25Cl2N3O3. The van der Waals surface area contributed by atoms with Gasteiger partial charge in [-0.05, 0) is 61.7 Å². The Hall–Kier alpha value is -2.57. The molecule has 0 N–H and O–H groups in total. The number of aryl methyl sites for hydroxylation is 1. The average Bonchev–Trinajstić information content (AvgIpc) is 3.31. The quantitative estimate of drug-likeness (QED) is 0.613. The molecule has 1 fully saturated rings. The number of rotatable bonds is 5. The third-order valence-corrected chi connectivity index (χ3v) is 6.36. The highest BCUT2D eigenvalue weighted by molar-refractivity contribution is 6.34. The summed E-state index contributed by atoms with van der Waals surface area (Å²) in [4.78, 5) is 34.3. The van der Waals surface area contributed by atoms with Crippen molar-refractivity contribution in [3.05, 3.63) is 68.7 Å². The first kappa shape index (κ1) is 22.6. The molecule has 4 rings (SSSR count). The van der Waals surface area contributed by atoms with E-state index in [1.165, 1.54) is 0 Å². The fourth-order valence-electron chi connectivity index (χ4n) is 4.16. The van der Waals surface area contributed by atoms with Gasteiger partial charge < -0.3 is 14.6 Å². The molecule has 2 aromatic rings. The van der Waals surface area contributed by atoms with Gasteiger partial charge in [-0.2, -0.15) is 0 Å². The third-order valence-electron chi connectivity index (χ3n) is 5.93. The first-order chi connectivity index (χ1) is 15.2. The van der Waals surface area contributed by atoms with Gasteiger partial charge in [-0.3, -0.25) is 9.59 Å². The first-order valence-electron chi connectivity index (χ1n) is 10.6. The van der Waals surface area contributed by atoms with Gasteiger partial charge in [0.25, 0.3) is 5.91 Å². The van der Waals surface area contributed by atoms with Crippen LogP contribution in [0.2, 0.25) is 10.0 Å². The van der Waals surface area contributed by atoms with E-state index in [1.54, 1.807) is 21.9 Å². The molecule has 8 heteroatoms. The molecule has 6 nitrogen and oxygen atoms in total. The van der Waals surface area contributed by atoms with E-state index in [-0.39, 0.29) is 18.4 Å². The maximum Gasteiger partial charge on any atom is 0.256 e. The molecule has 2 aliphatic heterocycles. The molecule has 0 spiro atoms. The number of nitrogens with zero attached hydrogens (tertiary/aromatic N) is 3. The number of halogens is 2. The lowest BCUT2D eigenvalue weighted by atomic mass is 9.88. The molecule has 2 amide bonds. The number of hydrogen-bond donors (Lipinski definition) is 0. The van der Waals surface area contributed by atoms with Crippen molar-refractivity contribution in [2.45, 2.75) is 39.2 Å². The number of carbonyl (C=O) groups excluding carboxylic acids is 2. The van der Waals surface area contributed by atoms with Gasteiger partial charge in [0.05, 0.1) is 12.4 Å². The summed E-state index contributed by atoms with van der Waals surface area (Å²) in [5.74, 6) is -0.142. The van der Waals surface area contributed by atoms with Crippen LogP contribution in [0.25, 0.3) is 0 Å². The summed E-state index contributed by atoms with van der Waals surface area (Å²) >= 11 is 12.3. The molecule has 1 unspecified atom stereocenters. The van der Waals surface area contributed by atoms with Crippen molar-refractivity contribution < 1.29 is 14.4 Å². The first-order valence-corrected chi connectivity index (χ1v) is 11.4. The van der Waals surface area contributed by atoms with Crippen LogP contribution in [0.1, 0.15) is 53.7 Å². The Bertz CT molecular complexity index is 1100. The fourth-order valence-corrected chi connectivity index (χ4v) is 4.69. The molecular weight excluding hydrogens is 449 g/mol. The van der Waals surface area contributed by atoms with Gasteiger partial charge in [0.2, 0.25) is 5.91 Å². The zero-order chi connectivity index (χ0) is 23.0. The van der Waals surface area contributed by atoms with Crippen molar-refractivity contribution in [3.8, 4) is 0 Å². The van der Waals surface area contributed by atoms with Crippen LogP contribution in [-0.2, 0) is 15.2 Å². The summed E-state index contributed by atoms with van der Waals surface area (Å²) in [6.45, 7) is 6.99. The zero-order valence-electron chi connectivity index (χ0n) is 18.3. The molecule has 2 heterocycles. The largest absolute Gasteiger partial charge is 0.384 e. The predicted octanol–water partition coefficient (Wildman–Crippen LogP) is 4.99. The number of carbonyl (C=O) groups is 2. The third kappa shape index (κ3) is 4.34. The zero-order valence-corrected chi connectivity index (χ0v) is 19.8. The number of benzene rings is 2. The number of hydrogen-bond acceptors (Lipinski definition) is 4. The van der Waals surface area contributed by atoms with Crippen LogP contribution in [-0.4, -0.2) is 47.1 Å². The van der Waals surface area contributed by atoms with Crippen molar-refractivity contribution in [3.63, 3.8) is 0 Å². The van der Waals surface area contributed by atoms with Crippen molar-refractivity contribution >= 4 is 40.7 Å². The minimum atomic E-state index is -0.676. The summed E-state index contributed by atoms with van der Waals surface area (Å²) in [6.07, 6.45) is 1.41. The van der Waals surface area contributed by atoms with Crippen LogP contribution in [0.3, 0.4) is 0 Å². The van der Waals surface area contributed by atoms with Crippen molar-refractivity contribution in [1.29, 1.82) is 0 Å². The fraction of sp³-hybridized carbons (Fsp3) is 0.375. The minimum Gasteiger partial charge on any atom is -0.384 e. The Kier molecular flexibility index (Phi) is 6.19. The van der Waals surface area contributed by atoms with E-state index in [9.17, 15) is 9.59 Å². The van der Waals surface area contributed by atoms with Crippen molar-refractivity contribution in [2.24, 2.45) is 5.16 Å². The maximum absolute atomic E-state index is 13.0. The summed E-state index contributed by atoms with van der Waals surface area (Å²) < 4.78 is 0. The minimum absolute atomic E-state index is 0.00709. The Balaban J connectivity index is 1.50. The van der Waals surface area contributed by atoms with Crippen LogP contribution in [0, 0.1) is 6.92 Å². The molecule has 1 atom stereocenters. The van der Waals surface area contributed by atoms with Gasteiger partial charge in [0, 0.05) is 34.1 Å². The Labute approximate surface area is 197 Å². The Morgan fingerprint density at radius 2 is 1.91 bits per heavy atom. The highest BCUT2D eigenvalue weighted by Crippen LogP contribution is 2.38. The molecule has 0 saturated carbocycles. The van der Waals surface area contributed by atoms with Crippen LogP contribution in [0.15, 0.2) is 41.6 Å². The molecule has 0 aromatic heterocycles. The highest BCUT2D eigenvalue weighted by Gasteiger charge is 2.37. The van der Waals surface area contributed by atoms with Gasteiger partial charge in [0.1, 0.15) is 6.54 Å². The molecule has 0 radical (unpaired) electrons. The van der Waals surface area contributed by atoms with E-state index in [0.29, 0.717) is 35.2 Å². The van der Waals surface area contributed by atoms with Gasteiger partial charge in [-0.1, -0.05) is 41.3 Å². The second-order valence-electron chi connectivity index (χ2n) is 8.53. The summed E-state index contributed by atoms with van der Waals surface area (Å²) in [6, 6.07) is 11.0. The van der Waals surface area contributed by atoms with Gasteiger partial charge >= 0.3 is 0 Å². The van der Waals surface area contributed by atoms with Crippen LogP contribution in [0.4, 0.5) is 0 Å². The summed E-state index contributed by atoms with van der Waals surface area (Å²) in [7, 11) is 0. The van der Waals surface area contributed by atoms with E-state index < -0.39 is 5.60 Å². The van der Waals surface area contributed by atoms with Crippen LogP contribution < -0.4 is 0 Å². The highest BCUT2D eigenvalue weighted by atomic mass is 35.5. The predicted molar refractivity (Wildman–Crippen MR) is 125 cm³/mol. The summed E-state index contributed by atoms with van der Waals surface area (Å²) in [5.41, 5.74) is 3.27. The second kappa shape index (κ2) is 8.75. The van der Waals surface area contributed by atoms with E-state index >= 15 is 0 Å². The van der Waals surface area contributed by atoms with Gasteiger partial charge in [0.15, 0.2) is 5.60 Å². The van der Waals surface area contributed by atoms with Crippen LogP contribution >= 0.6 is 23.2 Å². The Morgan fingerprint density at radius 3 is 2.56 bits per heavy atom. The lowest BCUT2D eigenvalue weighted by Gasteiger charge is -2.22. The number of amides is 2. The molecule has 0 bridgehead atoms. The number of oxime groups is 1. The topological polar surface area (TPSA) is 62.2 Å². The normalized spacial score (nSPS) is 20.5. The monoisotopic (exact) mass is 473 g/mol. The van der Waals surface area contributed by atoms with E-state index in [0.717, 1.165) is 28.8 Å². The molecule has 0 aliphatic carbocycles. The van der Waals surface area contributed by atoms with Crippen LogP contribution in [0.5, 0.6) is 0 Å².